The Balaban J connectivity index is 0.998. The molecule has 5 nitrogen and oxygen atoms in total. The van der Waals surface area contributed by atoms with E-state index in [2.05, 4.69) is 199 Å². The maximum atomic E-state index is 5.14. The predicted octanol–water partition coefficient (Wildman–Crippen LogP) is 13.6. The minimum atomic E-state index is 0.630. The molecule has 0 fully saturated rings. The number of hydrogen-bond acceptors (Lipinski definition) is 4. The molecule has 12 rings (SSSR count). The van der Waals surface area contributed by atoms with Crippen LogP contribution in [0, 0.1) is 0 Å². The topological polar surface area (TPSA) is 56.0 Å². The third-order valence-corrected chi connectivity index (χ3v) is 11.6. The molecule has 0 saturated carbocycles. The van der Waals surface area contributed by atoms with Gasteiger partial charge in [0.05, 0.1) is 11.0 Å². The molecular weight excluding hydrogens is 719 g/mol. The van der Waals surface area contributed by atoms with Crippen molar-refractivity contribution in [2.45, 2.75) is 0 Å². The van der Waals surface area contributed by atoms with E-state index in [1.165, 1.54) is 38.1 Å². The molecule has 0 bridgehead atoms. The largest absolute Gasteiger partial charge is 0.299 e. The fourth-order valence-electron chi connectivity index (χ4n) is 8.61. The summed E-state index contributed by atoms with van der Waals surface area (Å²) in [5.41, 5.74) is 10.5. The zero-order valence-corrected chi connectivity index (χ0v) is 31.8. The fraction of sp³-hybridized carbons (Fsp3) is 0. The molecule has 59 heavy (non-hydrogen) atoms. The Morgan fingerprint density at radius 2 is 0.763 bits per heavy atom. The molecule has 274 valence electrons. The Morgan fingerprint density at radius 3 is 1.41 bits per heavy atom. The standard InChI is InChI=1S/C54H33N5/c1-2-10-34(11-3-1)41-25-27-45-47(32-41)48-33-42(26-28-46(48)51-50(45)55-49-16-8-9-29-59(49)51)37-17-21-38(22-18-37)52-56-53(43-23-19-35-12-4-6-14-39(35)30-43)58-54(57-52)44-24-20-36-13-5-7-15-40(36)31-44/h1-33H. The van der Waals surface area contributed by atoms with Crippen LogP contribution in [-0.4, -0.2) is 24.3 Å². The van der Waals surface area contributed by atoms with Crippen molar-refractivity contribution in [2.75, 3.05) is 0 Å². The molecule has 0 aliphatic carbocycles. The summed E-state index contributed by atoms with van der Waals surface area (Å²) >= 11 is 0. The maximum Gasteiger partial charge on any atom is 0.164 e. The van der Waals surface area contributed by atoms with Crippen molar-refractivity contribution in [1.29, 1.82) is 0 Å². The van der Waals surface area contributed by atoms with Gasteiger partial charge in [-0.3, -0.25) is 4.40 Å². The third-order valence-electron chi connectivity index (χ3n) is 11.6. The average molecular weight is 752 g/mol. The molecule has 0 aliphatic heterocycles. The van der Waals surface area contributed by atoms with Crippen LogP contribution in [0.4, 0.5) is 0 Å². The summed E-state index contributed by atoms with van der Waals surface area (Å²) in [6.45, 7) is 0. The first-order chi connectivity index (χ1) is 29.2. The van der Waals surface area contributed by atoms with Gasteiger partial charge in [-0.05, 0) is 91.0 Å². The first-order valence-electron chi connectivity index (χ1n) is 19.9. The van der Waals surface area contributed by atoms with Gasteiger partial charge in [0.2, 0.25) is 0 Å². The van der Waals surface area contributed by atoms with Gasteiger partial charge in [-0.25, -0.2) is 19.9 Å². The summed E-state index contributed by atoms with van der Waals surface area (Å²) in [5, 5.41) is 9.33. The highest BCUT2D eigenvalue weighted by molar-refractivity contribution is 6.25. The predicted molar refractivity (Wildman–Crippen MR) is 243 cm³/mol. The third kappa shape index (κ3) is 5.63. The molecule has 0 N–H and O–H groups in total. The van der Waals surface area contributed by atoms with Crippen LogP contribution in [0.1, 0.15) is 0 Å². The summed E-state index contributed by atoms with van der Waals surface area (Å²) in [5.74, 6) is 1.91. The fourth-order valence-corrected chi connectivity index (χ4v) is 8.61. The number of benzene rings is 9. The van der Waals surface area contributed by atoms with Crippen LogP contribution in [-0.2, 0) is 0 Å². The summed E-state index contributed by atoms with van der Waals surface area (Å²) in [6, 6.07) is 68.5. The highest BCUT2D eigenvalue weighted by Gasteiger charge is 2.17. The van der Waals surface area contributed by atoms with E-state index in [1.54, 1.807) is 0 Å². The van der Waals surface area contributed by atoms with Crippen molar-refractivity contribution in [3.8, 4) is 56.4 Å². The van der Waals surface area contributed by atoms with Crippen LogP contribution >= 0.6 is 0 Å². The van der Waals surface area contributed by atoms with E-state index in [-0.39, 0.29) is 0 Å². The second-order valence-corrected chi connectivity index (χ2v) is 15.1. The summed E-state index contributed by atoms with van der Waals surface area (Å²) < 4.78 is 2.21. The number of rotatable bonds is 5. The molecule has 0 saturated heterocycles. The van der Waals surface area contributed by atoms with E-state index >= 15 is 0 Å². The highest BCUT2D eigenvalue weighted by Crippen LogP contribution is 2.40. The van der Waals surface area contributed by atoms with Crippen molar-refractivity contribution in [3.63, 3.8) is 0 Å². The lowest BCUT2D eigenvalue weighted by Crippen LogP contribution is -2.00. The van der Waals surface area contributed by atoms with Gasteiger partial charge >= 0.3 is 0 Å². The van der Waals surface area contributed by atoms with Crippen LogP contribution in [0.3, 0.4) is 0 Å². The number of hydrogen-bond donors (Lipinski definition) is 0. The molecule has 0 unspecified atom stereocenters. The molecule has 0 spiro atoms. The number of aromatic nitrogens is 5. The first kappa shape index (κ1) is 33.2. The van der Waals surface area contributed by atoms with E-state index in [4.69, 9.17) is 19.9 Å². The maximum absolute atomic E-state index is 5.14. The summed E-state index contributed by atoms with van der Waals surface area (Å²) in [6.07, 6.45) is 2.11. The molecule has 0 radical (unpaired) electrons. The second-order valence-electron chi connectivity index (χ2n) is 15.1. The van der Waals surface area contributed by atoms with Crippen LogP contribution in [0.5, 0.6) is 0 Å². The molecule has 0 amide bonds. The Bertz CT molecular complexity index is 3510. The van der Waals surface area contributed by atoms with Gasteiger partial charge < -0.3 is 0 Å². The molecular formula is C54H33N5. The second kappa shape index (κ2) is 13.3. The first-order valence-corrected chi connectivity index (χ1v) is 19.9. The summed E-state index contributed by atoms with van der Waals surface area (Å²) in [7, 11) is 0. The van der Waals surface area contributed by atoms with Crippen molar-refractivity contribution >= 4 is 59.8 Å². The smallest absolute Gasteiger partial charge is 0.164 e. The van der Waals surface area contributed by atoms with Gasteiger partial charge in [-0.1, -0.05) is 158 Å². The van der Waals surface area contributed by atoms with Crippen LogP contribution in [0.15, 0.2) is 200 Å². The zero-order valence-electron chi connectivity index (χ0n) is 31.8. The molecule has 0 aliphatic rings. The van der Waals surface area contributed by atoms with Crippen molar-refractivity contribution in [1.82, 2.24) is 24.3 Å². The minimum absolute atomic E-state index is 0.630. The number of nitrogens with zero attached hydrogens (tertiary/aromatic N) is 5. The van der Waals surface area contributed by atoms with Gasteiger partial charge in [0.1, 0.15) is 5.65 Å². The lowest BCUT2D eigenvalue weighted by molar-refractivity contribution is 1.08. The molecule has 3 heterocycles. The molecule has 12 aromatic rings. The SMILES string of the molecule is c1ccc(-c2ccc3c(c2)c2cc(-c4ccc(-c5nc(-c6ccc7ccccc7c6)nc(-c6ccc7ccccc7c6)n5)cc4)ccc2c2c3nc3ccccn32)cc1. The normalized spacial score (nSPS) is 11.7. The quantitative estimate of drug-likeness (QED) is 0.164. The molecule has 9 aromatic carbocycles. The van der Waals surface area contributed by atoms with Gasteiger partial charge in [0.15, 0.2) is 17.5 Å². The Labute approximate surface area is 339 Å². The molecule has 3 aromatic heterocycles. The van der Waals surface area contributed by atoms with Crippen LogP contribution in [0.25, 0.3) is 116 Å². The lowest BCUT2D eigenvalue weighted by Gasteiger charge is -2.12. The minimum Gasteiger partial charge on any atom is -0.299 e. The van der Waals surface area contributed by atoms with Crippen LogP contribution in [0.2, 0.25) is 0 Å². The Kier molecular flexibility index (Phi) is 7.47. The summed E-state index contributed by atoms with van der Waals surface area (Å²) in [4.78, 5) is 20.4. The van der Waals surface area contributed by atoms with Crippen LogP contribution < -0.4 is 0 Å². The van der Waals surface area contributed by atoms with Crippen molar-refractivity contribution in [3.05, 3.63) is 200 Å². The number of imidazole rings is 1. The van der Waals surface area contributed by atoms with E-state index in [1.807, 2.05) is 6.07 Å². The van der Waals surface area contributed by atoms with Gasteiger partial charge in [-0.15, -0.1) is 0 Å². The average Bonchev–Trinajstić information content (AvgIpc) is 3.71. The molecule has 5 heteroatoms. The monoisotopic (exact) mass is 751 g/mol. The van der Waals surface area contributed by atoms with Crippen molar-refractivity contribution < 1.29 is 0 Å². The molecule has 0 atom stereocenters. The van der Waals surface area contributed by atoms with E-state index in [0.29, 0.717) is 17.5 Å². The van der Waals surface area contributed by atoms with Gasteiger partial charge in [0, 0.05) is 33.7 Å². The Morgan fingerprint density at radius 1 is 0.288 bits per heavy atom. The number of pyridine rings is 1. The number of fused-ring (bicyclic) bond motifs is 10. The zero-order chi connectivity index (χ0) is 38.9. The van der Waals surface area contributed by atoms with E-state index in [0.717, 1.165) is 60.7 Å². The van der Waals surface area contributed by atoms with E-state index < -0.39 is 0 Å². The van der Waals surface area contributed by atoms with Gasteiger partial charge in [-0.2, -0.15) is 0 Å². The Hall–Kier alpha value is -8.02. The van der Waals surface area contributed by atoms with Gasteiger partial charge in [0.25, 0.3) is 0 Å². The van der Waals surface area contributed by atoms with Crippen molar-refractivity contribution in [2.24, 2.45) is 0 Å². The highest BCUT2D eigenvalue weighted by atomic mass is 15.0. The van der Waals surface area contributed by atoms with E-state index in [9.17, 15) is 0 Å². The lowest BCUT2D eigenvalue weighted by atomic mass is 9.93.